The first kappa shape index (κ1) is 19.6. The van der Waals surface area contributed by atoms with Gasteiger partial charge < -0.3 is 4.98 Å². The Morgan fingerprint density at radius 1 is 1.16 bits per heavy atom. The molecule has 0 radical (unpaired) electrons. The molecule has 0 aliphatic carbocycles. The lowest BCUT2D eigenvalue weighted by Gasteiger charge is -2.27. The lowest BCUT2D eigenvalue weighted by Crippen LogP contribution is -2.31. The molecule has 0 bridgehead atoms. The number of aryl methyl sites for hydroxylation is 1. The molecule has 31 heavy (non-hydrogen) atoms. The molecule has 1 unspecified atom stereocenters. The van der Waals surface area contributed by atoms with Crippen LogP contribution in [0.5, 0.6) is 0 Å². The van der Waals surface area contributed by atoms with Gasteiger partial charge in [0.05, 0.1) is 28.6 Å². The third-order valence-electron chi connectivity index (χ3n) is 5.25. The number of halogens is 5. The van der Waals surface area contributed by atoms with Crippen molar-refractivity contribution in [2.24, 2.45) is 7.05 Å². The van der Waals surface area contributed by atoms with E-state index >= 15 is 0 Å². The van der Waals surface area contributed by atoms with Gasteiger partial charge in [-0.15, -0.1) is 0 Å². The highest BCUT2D eigenvalue weighted by Crippen LogP contribution is 2.46. The molecule has 0 saturated carbocycles. The third kappa shape index (κ3) is 2.89. The van der Waals surface area contributed by atoms with Crippen molar-refractivity contribution in [3.63, 3.8) is 0 Å². The summed E-state index contributed by atoms with van der Waals surface area (Å²) in [7, 11) is 1.30. The molecule has 6 nitrogen and oxygen atoms in total. The molecule has 2 aromatic carbocycles. The van der Waals surface area contributed by atoms with E-state index in [9.17, 15) is 22.4 Å². The second-order valence-electron chi connectivity index (χ2n) is 7.08. The summed E-state index contributed by atoms with van der Waals surface area (Å²) in [4.78, 5) is 21.4. The third-order valence-corrected chi connectivity index (χ3v) is 5.48. The molecule has 3 heterocycles. The number of anilines is 1. The summed E-state index contributed by atoms with van der Waals surface area (Å²) in [5, 5.41) is 3.65. The predicted octanol–water partition coefficient (Wildman–Crippen LogP) is 4.86. The maximum atomic E-state index is 14.9. The van der Waals surface area contributed by atoms with Gasteiger partial charge in [-0.05, 0) is 30.3 Å². The van der Waals surface area contributed by atoms with Crippen LogP contribution in [0.1, 0.15) is 33.4 Å². The van der Waals surface area contributed by atoms with Gasteiger partial charge in [0, 0.05) is 23.3 Å². The summed E-state index contributed by atoms with van der Waals surface area (Å²) >= 11 is 5.86. The molecule has 0 saturated heterocycles. The van der Waals surface area contributed by atoms with Crippen molar-refractivity contribution in [3.8, 4) is 0 Å². The van der Waals surface area contributed by atoms with Gasteiger partial charge in [0.1, 0.15) is 11.9 Å². The Kier molecular flexibility index (Phi) is 4.13. The molecule has 1 atom stereocenters. The molecule has 11 heteroatoms. The fourth-order valence-electron chi connectivity index (χ4n) is 3.97. The summed E-state index contributed by atoms with van der Waals surface area (Å²) in [6, 6.07) is 7.40. The van der Waals surface area contributed by atoms with Gasteiger partial charge in [0.25, 0.3) is 5.91 Å². The van der Waals surface area contributed by atoms with Gasteiger partial charge in [-0.3, -0.25) is 14.4 Å². The minimum absolute atomic E-state index is 0.00191. The fraction of sp³-hybridized carbons (Fsp3) is 0.150. The minimum Gasteiger partial charge on any atom is -0.345 e. The number of benzene rings is 2. The number of nitrogens with one attached hydrogen (secondary N) is 1. The number of imidazole rings is 1. The van der Waals surface area contributed by atoms with Crippen molar-refractivity contribution in [2.45, 2.75) is 12.2 Å². The number of hydrogen-bond acceptors (Lipinski definition) is 3. The molecule has 1 aliphatic heterocycles. The summed E-state index contributed by atoms with van der Waals surface area (Å²) in [6.45, 7) is 0. The van der Waals surface area contributed by atoms with Crippen molar-refractivity contribution >= 4 is 34.2 Å². The number of alkyl halides is 3. The normalized spacial score (nSPS) is 16.4. The molecule has 1 N–H and O–H groups in total. The highest BCUT2D eigenvalue weighted by molar-refractivity contribution is 6.30. The van der Waals surface area contributed by atoms with E-state index in [1.807, 2.05) is 0 Å². The van der Waals surface area contributed by atoms with E-state index in [0.29, 0.717) is 11.0 Å². The molecule has 4 aromatic rings. The molecular weight excluding hydrogens is 438 g/mol. The van der Waals surface area contributed by atoms with Crippen LogP contribution in [0.2, 0.25) is 5.02 Å². The van der Waals surface area contributed by atoms with Crippen LogP contribution in [0.15, 0.2) is 42.7 Å². The smallest absolute Gasteiger partial charge is 0.345 e. The first-order chi connectivity index (χ1) is 14.7. The van der Waals surface area contributed by atoms with Crippen molar-refractivity contribution in [1.82, 2.24) is 19.7 Å². The highest BCUT2D eigenvalue weighted by Gasteiger charge is 2.50. The number of hydrogen-bond donors (Lipinski definition) is 1. The van der Waals surface area contributed by atoms with Crippen molar-refractivity contribution in [2.75, 3.05) is 4.90 Å². The van der Waals surface area contributed by atoms with Crippen molar-refractivity contribution < 1.29 is 22.4 Å². The monoisotopic (exact) mass is 449 g/mol. The maximum absolute atomic E-state index is 14.9. The number of aromatic nitrogens is 4. The predicted molar refractivity (Wildman–Crippen MR) is 104 cm³/mol. The van der Waals surface area contributed by atoms with Gasteiger partial charge in [-0.25, -0.2) is 9.37 Å². The summed E-state index contributed by atoms with van der Waals surface area (Å²) in [5.41, 5.74) is -0.490. The standard InChI is InChI=1S/C20H12ClF4N5O/c1-29-17-15(18(28-29)20(23,24)25)19(31)30(10-3-5-13-14(7-10)27-8-26-13)16(17)11-4-2-9(21)6-12(11)22/h2-8,16H,1H3,(H,26,27). The SMILES string of the molecule is Cn1nc(C(F)(F)F)c2c1C(c1ccc(Cl)cc1F)N(c1ccc3nc[nH]c3c1)C2=O. The number of aromatic amines is 1. The Morgan fingerprint density at radius 3 is 2.65 bits per heavy atom. The summed E-state index contributed by atoms with van der Waals surface area (Å²) in [6.07, 6.45) is -3.40. The zero-order valence-corrected chi connectivity index (χ0v) is 16.5. The maximum Gasteiger partial charge on any atom is 0.435 e. The summed E-state index contributed by atoms with van der Waals surface area (Å²) in [5.74, 6) is -1.67. The van der Waals surface area contributed by atoms with Crippen LogP contribution in [0.4, 0.5) is 23.2 Å². The number of amides is 1. The zero-order valence-electron chi connectivity index (χ0n) is 15.7. The van der Waals surface area contributed by atoms with Gasteiger partial charge in [-0.2, -0.15) is 18.3 Å². The Balaban J connectivity index is 1.78. The molecule has 1 aliphatic rings. The van der Waals surface area contributed by atoms with Crippen LogP contribution in [0, 0.1) is 5.82 Å². The molecule has 5 rings (SSSR count). The van der Waals surface area contributed by atoms with Crippen LogP contribution in [0.3, 0.4) is 0 Å². The number of nitrogens with zero attached hydrogens (tertiary/aromatic N) is 4. The van der Waals surface area contributed by atoms with E-state index in [4.69, 9.17) is 11.6 Å². The second-order valence-corrected chi connectivity index (χ2v) is 7.51. The summed E-state index contributed by atoms with van der Waals surface area (Å²) < 4.78 is 56.8. The number of carbonyl (C=O) groups is 1. The average molecular weight is 450 g/mol. The zero-order chi connectivity index (χ0) is 22.1. The second kappa shape index (κ2) is 6.55. The van der Waals surface area contributed by atoms with Gasteiger partial charge in [0.15, 0.2) is 5.69 Å². The molecule has 2 aromatic heterocycles. The largest absolute Gasteiger partial charge is 0.435 e. The molecule has 0 spiro atoms. The van der Waals surface area contributed by atoms with Crippen molar-refractivity contribution in [1.29, 1.82) is 0 Å². The lowest BCUT2D eigenvalue weighted by molar-refractivity contribution is -0.141. The van der Waals surface area contributed by atoms with E-state index in [1.54, 1.807) is 18.2 Å². The molecule has 0 fully saturated rings. The Morgan fingerprint density at radius 2 is 1.94 bits per heavy atom. The minimum atomic E-state index is -4.85. The highest BCUT2D eigenvalue weighted by atomic mass is 35.5. The Labute approximate surface area is 177 Å². The fourth-order valence-corrected chi connectivity index (χ4v) is 4.13. The van der Waals surface area contributed by atoms with Crippen LogP contribution < -0.4 is 4.90 Å². The Bertz CT molecular complexity index is 1360. The van der Waals surface area contributed by atoms with Crippen LogP contribution >= 0.6 is 11.6 Å². The van der Waals surface area contributed by atoms with Crippen LogP contribution in [-0.2, 0) is 13.2 Å². The van der Waals surface area contributed by atoms with Crippen LogP contribution in [-0.4, -0.2) is 25.7 Å². The van der Waals surface area contributed by atoms with Gasteiger partial charge >= 0.3 is 6.18 Å². The number of rotatable bonds is 2. The van der Waals surface area contributed by atoms with E-state index in [1.165, 1.54) is 25.5 Å². The number of carbonyl (C=O) groups excluding carboxylic acids is 1. The first-order valence-corrected chi connectivity index (χ1v) is 9.40. The quantitative estimate of drug-likeness (QED) is 0.444. The molecule has 158 valence electrons. The van der Waals surface area contributed by atoms with E-state index < -0.39 is 35.2 Å². The Hall–Kier alpha value is -3.40. The van der Waals surface area contributed by atoms with Crippen molar-refractivity contribution in [3.05, 3.63) is 76.1 Å². The van der Waals surface area contributed by atoms with Gasteiger partial charge in [-0.1, -0.05) is 17.7 Å². The average Bonchev–Trinajstić information content (AvgIpc) is 3.36. The topological polar surface area (TPSA) is 66.8 Å². The van der Waals surface area contributed by atoms with E-state index in [-0.39, 0.29) is 22.0 Å². The van der Waals surface area contributed by atoms with Crippen LogP contribution in [0.25, 0.3) is 11.0 Å². The van der Waals surface area contributed by atoms with E-state index in [2.05, 4.69) is 15.1 Å². The first-order valence-electron chi connectivity index (χ1n) is 9.02. The van der Waals surface area contributed by atoms with E-state index in [0.717, 1.165) is 15.6 Å². The molecule has 1 amide bonds. The number of H-pyrrole nitrogens is 1. The van der Waals surface area contributed by atoms with Gasteiger partial charge in [0.2, 0.25) is 0 Å². The molecular formula is C20H12ClF4N5O. The lowest BCUT2D eigenvalue weighted by atomic mass is 10.0. The number of fused-ring (bicyclic) bond motifs is 2.